The van der Waals surface area contributed by atoms with Crippen LogP contribution in [0.1, 0.15) is 35.4 Å². The standard InChI is InChI=1S/C15H19NO/c1-3-12-4-6-13(7-5-12)9-15(16)14-8-11(2)17-10-14/h4-8,10,15H,3,9,16H2,1-2H3. The van der Waals surface area contributed by atoms with Crippen molar-refractivity contribution in [2.45, 2.75) is 32.7 Å². The summed E-state index contributed by atoms with van der Waals surface area (Å²) < 4.78 is 5.28. The summed E-state index contributed by atoms with van der Waals surface area (Å²) in [5.41, 5.74) is 9.86. The molecule has 0 aliphatic heterocycles. The molecule has 1 aromatic heterocycles. The Morgan fingerprint density at radius 1 is 1.18 bits per heavy atom. The Labute approximate surface area is 102 Å². The molecule has 0 amide bonds. The van der Waals surface area contributed by atoms with Gasteiger partial charge in [0.2, 0.25) is 0 Å². The Kier molecular flexibility index (Phi) is 3.64. The van der Waals surface area contributed by atoms with Crippen LogP contribution in [-0.4, -0.2) is 0 Å². The van der Waals surface area contributed by atoms with Crippen LogP contribution in [0.4, 0.5) is 0 Å². The highest BCUT2D eigenvalue weighted by molar-refractivity contribution is 5.25. The van der Waals surface area contributed by atoms with Gasteiger partial charge in [-0.2, -0.15) is 0 Å². The van der Waals surface area contributed by atoms with E-state index >= 15 is 0 Å². The molecule has 2 rings (SSSR count). The molecule has 1 atom stereocenters. The van der Waals surface area contributed by atoms with Crippen LogP contribution in [0.15, 0.2) is 41.0 Å². The van der Waals surface area contributed by atoms with E-state index in [4.69, 9.17) is 10.2 Å². The molecular formula is C15H19NO. The molecule has 2 N–H and O–H groups in total. The van der Waals surface area contributed by atoms with Crippen LogP contribution < -0.4 is 5.73 Å². The van der Waals surface area contributed by atoms with Gasteiger partial charge < -0.3 is 10.2 Å². The first-order valence-corrected chi connectivity index (χ1v) is 6.07. The molecule has 90 valence electrons. The Hall–Kier alpha value is -1.54. The minimum atomic E-state index is 0.0138. The van der Waals surface area contributed by atoms with Crippen molar-refractivity contribution in [2.75, 3.05) is 0 Å². The van der Waals surface area contributed by atoms with Crippen molar-refractivity contribution < 1.29 is 4.42 Å². The molecule has 0 bridgehead atoms. The Balaban J connectivity index is 2.04. The third-order valence-corrected chi connectivity index (χ3v) is 3.07. The molecule has 0 spiro atoms. The molecule has 0 aliphatic carbocycles. The summed E-state index contributed by atoms with van der Waals surface area (Å²) in [5, 5.41) is 0. The van der Waals surface area contributed by atoms with Gasteiger partial charge in [-0.15, -0.1) is 0 Å². The van der Waals surface area contributed by atoms with Gasteiger partial charge in [-0.05, 0) is 37.0 Å². The number of furan rings is 1. The zero-order valence-corrected chi connectivity index (χ0v) is 10.4. The number of nitrogens with two attached hydrogens (primary N) is 1. The summed E-state index contributed by atoms with van der Waals surface area (Å²) in [6.45, 7) is 4.10. The molecule has 0 radical (unpaired) electrons. The normalized spacial score (nSPS) is 12.6. The second kappa shape index (κ2) is 5.19. The lowest BCUT2D eigenvalue weighted by molar-refractivity contribution is 0.528. The van der Waals surface area contributed by atoms with Gasteiger partial charge in [-0.25, -0.2) is 0 Å². The van der Waals surface area contributed by atoms with E-state index in [2.05, 4.69) is 31.2 Å². The van der Waals surface area contributed by atoms with Gasteiger partial charge in [-0.1, -0.05) is 31.2 Å². The molecule has 1 heterocycles. The summed E-state index contributed by atoms with van der Waals surface area (Å²) in [6.07, 6.45) is 3.68. The number of rotatable bonds is 4. The van der Waals surface area contributed by atoms with Gasteiger partial charge in [0.05, 0.1) is 6.26 Å². The second-order valence-electron chi connectivity index (χ2n) is 4.47. The number of hydrogen-bond acceptors (Lipinski definition) is 2. The number of aryl methyl sites for hydroxylation is 2. The Morgan fingerprint density at radius 2 is 1.82 bits per heavy atom. The van der Waals surface area contributed by atoms with Crippen molar-refractivity contribution in [1.82, 2.24) is 0 Å². The molecule has 0 fully saturated rings. The maximum atomic E-state index is 6.15. The van der Waals surface area contributed by atoms with Crippen LogP contribution >= 0.6 is 0 Å². The van der Waals surface area contributed by atoms with Crippen molar-refractivity contribution in [3.8, 4) is 0 Å². The average Bonchev–Trinajstić information content (AvgIpc) is 2.77. The largest absolute Gasteiger partial charge is 0.469 e. The zero-order chi connectivity index (χ0) is 12.3. The highest BCUT2D eigenvalue weighted by Gasteiger charge is 2.09. The predicted octanol–water partition coefficient (Wildman–Crippen LogP) is 3.39. The number of benzene rings is 1. The summed E-state index contributed by atoms with van der Waals surface area (Å²) >= 11 is 0. The summed E-state index contributed by atoms with van der Waals surface area (Å²) in [6, 6.07) is 10.7. The van der Waals surface area contributed by atoms with Crippen LogP contribution in [-0.2, 0) is 12.8 Å². The third kappa shape index (κ3) is 2.98. The molecule has 0 saturated heterocycles. The smallest absolute Gasteiger partial charge is 0.101 e. The van der Waals surface area contributed by atoms with E-state index in [0.717, 1.165) is 24.2 Å². The van der Waals surface area contributed by atoms with Crippen molar-refractivity contribution in [3.63, 3.8) is 0 Å². The van der Waals surface area contributed by atoms with Crippen molar-refractivity contribution in [2.24, 2.45) is 5.73 Å². The summed E-state index contributed by atoms with van der Waals surface area (Å²) in [7, 11) is 0. The van der Waals surface area contributed by atoms with E-state index in [-0.39, 0.29) is 6.04 Å². The number of hydrogen-bond donors (Lipinski definition) is 1. The van der Waals surface area contributed by atoms with E-state index < -0.39 is 0 Å². The van der Waals surface area contributed by atoms with Gasteiger partial charge in [-0.3, -0.25) is 0 Å². The lowest BCUT2D eigenvalue weighted by Crippen LogP contribution is -2.12. The van der Waals surface area contributed by atoms with Crippen LogP contribution in [0.25, 0.3) is 0 Å². The van der Waals surface area contributed by atoms with Gasteiger partial charge >= 0.3 is 0 Å². The van der Waals surface area contributed by atoms with E-state index in [0.29, 0.717) is 0 Å². The van der Waals surface area contributed by atoms with E-state index in [1.165, 1.54) is 11.1 Å². The minimum absolute atomic E-state index is 0.0138. The molecular weight excluding hydrogens is 210 g/mol. The van der Waals surface area contributed by atoms with Gasteiger partial charge in [0.15, 0.2) is 0 Å². The lowest BCUT2D eigenvalue weighted by atomic mass is 10.0. The monoisotopic (exact) mass is 229 g/mol. The maximum Gasteiger partial charge on any atom is 0.101 e. The fourth-order valence-corrected chi connectivity index (χ4v) is 1.94. The zero-order valence-electron chi connectivity index (χ0n) is 10.4. The first-order chi connectivity index (χ1) is 8.19. The van der Waals surface area contributed by atoms with Crippen molar-refractivity contribution in [1.29, 1.82) is 0 Å². The molecule has 1 unspecified atom stereocenters. The quantitative estimate of drug-likeness (QED) is 0.872. The van der Waals surface area contributed by atoms with Crippen LogP contribution in [0.2, 0.25) is 0 Å². The maximum absolute atomic E-state index is 6.15. The first kappa shape index (κ1) is 11.9. The third-order valence-electron chi connectivity index (χ3n) is 3.07. The first-order valence-electron chi connectivity index (χ1n) is 6.07. The van der Waals surface area contributed by atoms with Gasteiger partial charge in [0, 0.05) is 11.6 Å². The fraction of sp³-hybridized carbons (Fsp3) is 0.333. The topological polar surface area (TPSA) is 39.2 Å². The molecule has 0 aliphatic rings. The minimum Gasteiger partial charge on any atom is -0.469 e. The van der Waals surface area contributed by atoms with Crippen LogP contribution in [0.3, 0.4) is 0 Å². The van der Waals surface area contributed by atoms with E-state index in [1.807, 2.05) is 13.0 Å². The second-order valence-corrected chi connectivity index (χ2v) is 4.47. The average molecular weight is 229 g/mol. The van der Waals surface area contributed by atoms with Crippen molar-refractivity contribution in [3.05, 3.63) is 59.0 Å². The Morgan fingerprint density at radius 3 is 2.35 bits per heavy atom. The summed E-state index contributed by atoms with van der Waals surface area (Å²) in [5.74, 6) is 0.914. The lowest BCUT2D eigenvalue weighted by Gasteiger charge is -2.09. The molecule has 2 nitrogen and oxygen atoms in total. The molecule has 0 saturated carbocycles. The predicted molar refractivity (Wildman–Crippen MR) is 69.9 cm³/mol. The summed E-state index contributed by atoms with van der Waals surface area (Å²) in [4.78, 5) is 0. The molecule has 17 heavy (non-hydrogen) atoms. The van der Waals surface area contributed by atoms with Crippen LogP contribution in [0, 0.1) is 6.92 Å². The van der Waals surface area contributed by atoms with E-state index in [1.54, 1.807) is 6.26 Å². The molecule has 1 aromatic carbocycles. The van der Waals surface area contributed by atoms with Crippen LogP contribution in [0.5, 0.6) is 0 Å². The highest BCUT2D eigenvalue weighted by Crippen LogP contribution is 2.18. The highest BCUT2D eigenvalue weighted by atomic mass is 16.3. The van der Waals surface area contributed by atoms with Crippen molar-refractivity contribution >= 4 is 0 Å². The fourth-order valence-electron chi connectivity index (χ4n) is 1.94. The molecule has 2 aromatic rings. The Bertz CT molecular complexity index is 470. The SMILES string of the molecule is CCc1ccc(CC(N)c2coc(C)c2)cc1. The molecule has 2 heteroatoms. The van der Waals surface area contributed by atoms with Gasteiger partial charge in [0.1, 0.15) is 5.76 Å². The van der Waals surface area contributed by atoms with E-state index in [9.17, 15) is 0 Å². The van der Waals surface area contributed by atoms with Gasteiger partial charge in [0.25, 0.3) is 0 Å².